The number of para-hydroxylation sites is 2. The van der Waals surface area contributed by atoms with Gasteiger partial charge in [-0.2, -0.15) is 0 Å². The molecule has 1 heterocycles. The molecular weight excluding hydrogens is 546 g/mol. The van der Waals surface area contributed by atoms with Crippen LogP contribution in [-0.4, -0.2) is 10.9 Å². The first-order chi connectivity index (χ1) is 20.7. The van der Waals surface area contributed by atoms with Crippen LogP contribution in [-0.2, 0) is 6.54 Å². The maximum absolute atomic E-state index is 12.9. The average molecular weight is 574 g/mol. The van der Waals surface area contributed by atoms with Crippen LogP contribution in [0.25, 0.3) is 0 Å². The van der Waals surface area contributed by atoms with Crippen LogP contribution in [0.2, 0.25) is 0 Å². The maximum Gasteiger partial charge on any atom is 0.256 e. The highest BCUT2D eigenvalue weighted by atomic mass is 35.5. The summed E-state index contributed by atoms with van der Waals surface area (Å²) < 4.78 is 13.0. The number of anilines is 1. The third-order valence-corrected chi connectivity index (χ3v) is 7.29. The molecular formula is C35H28ClN3O3. The van der Waals surface area contributed by atoms with Crippen LogP contribution in [0.3, 0.4) is 0 Å². The van der Waals surface area contributed by atoms with Crippen molar-refractivity contribution in [2.24, 2.45) is 0 Å². The minimum absolute atomic E-state index is 0.235. The molecule has 6 rings (SSSR count). The predicted molar refractivity (Wildman–Crippen MR) is 164 cm³/mol. The molecule has 0 fully saturated rings. The standard InChI is InChI=1S/C35H28ClN3O3/c36-31-32(38-23-24-12-11-13-25(22-24)35(40)39-30-20-9-10-21-37-30)34(42-27-16-5-2-6-17-27)29-19-8-7-18-28(29)33(31)41-26-14-3-1-4-15-26/h1-22,33-34,38H,23H2,(H,37,39,40). The Kier molecular flexibility index (Phi) is 8.15. The number of hydrogen-bond acceptors (Lipinski definition) is 5. The van der Waals surface area contributed by atoms with Crippen molar-refractivity contribution in [1.29, 1.82) is 0 Å². The highest BCUT2D eigenvalue weighted by Gasteiger charge is 2.36. The minimum Gasteiger partial charge on any atom is -0.480 e. The van der Waals surface area contributed by atoms with Crippen molar-refractivity contribution in [3.63, 3.8) is 0 Å². The van der Waals surface area contributed by atoms with E-state index in [1.807, 2.05) is 109 Å². The highest BCUT2D eigenvalue weighted by Crippen LogP contribution is 2.45. The van der Waals surface area contributed by atoms with Gasteiger partial charge in [0.1, 0.15) is 17.3 Å². The number of nitrogens with one attached hydrogen (secondary N) is 2. The van der Waals surface area contributed by atoms with E-state index in [-0.39, 0.29) is 5.91 Å². The van der Waals surface area contributed by atoms with Gasteiger partial charge < -0.3 is 20.1 Å². The fourth-order valence-corrected chi connectivity index (χ4v) is 5.21. The number of rotatable bonds is 9. The summed E-state index contributed by atoms with van der Waals surface area (Å²) in [6.07, 6.45) is 0.611. The van der Waals surface area contributed by atoms with Crippen LogP contribution >= 0.6 is 11.6 Å². The number of amides is 1. The van der Waals surface area contributed by atoms with Gasteiger partial charge in [0.2, 0.25) is 0 Å². The Morgan fingerprint density at radius 1 is 0.714 bits per heavy atom. The first-order valence-electron chi connectivity index (χ1n) is 13.6. The van der Waals surface area contributed by atoms with Gasteiger partial charge in [0, 0.05) is 29.4 Å². The van der Waals surface area contributed by atoms with E-state index in [9.17, 15) is 4.79 Å². The topological polar surface area (TPSA) is 72.5 Å². The Morgan fingerprint density at radius 3 is 2.00 bits per heavy atom. The fraction of sp³-hybridized carbons (Fsp3) is 0.0857. The van der Waals surface area contributed by atoms with Crippen molar-refractivity contribution in [2.75, 3.05) is 5.32 Å². The second-order valence-corrected chi connectivity index (χ2v) is 10.1. The molecule has 2 N–H and O–H groups in total. The van der Waals surface area contributed by atoms with E-state index in [0.717, 1.165) is 22.4 Å². The van der Waals surface area contributed by atoms with E-state index in [2.05, 4.69) is 15.6 Å². The number of nitrogens with zero attached hydrogens (tertiary/aromatic N) is 1. The van der Waals surface area contributed by atoms with Crippen LogP contribution in [0, 0.1) is 0 Å². The number of aromatic nitrogens is 1. The summed E-state index contributed by atoms with van der Waals surface area (Å²) in [7, 11) is 0. The van der Waals surface area contributed by atoms with E-state index >= 15 is 0 Å². The van der Waals surface area contributed by atoms with Gasteiger partial charge in [-0.25, -0.2) is 4.98 Å². The van der Waals surface area contributed by atoms with E-state index in [0.29, 0.717) is 34.4 Å². The lowest BCUT2D eigenvalue weighted by Gasteiger charge is -2.34. The van der Waals surface area contributed by atoms with E-state index < -0.39 is 12.2 Å². The minimum atomic E-state index is -0.529. The van der Waals surface area contributed by atoms with Gasteiger partial charge in [-0.1, -0.05) is 90.5 Å². The van der Waals surface area contributed by atoms with Crippen LogP contribution in [0.15, 0.2) is 144 Å². The molecule has 4 aromatic carbocycles. The summed E-state index contributed by atoms with van der Waals surface area (Å²) >= 11 is 7.17. The summed E-state index contributed by atoms with van der Waals surface area (Å²) in [5.74, 6) is 1.69. The van der Waals surface area contributed by atoms with Gasteiger partial charge in [0.25, 0.3) is 5.91 Å². The molecule has 0 radical (unpaired) electrons. The zero-order valence-corrected chi connectivity index (χ0v) is 23.4. The predicted octanol–water partition coefficient (Wildman–Crippen LogP) is 7.83. The lowest BCUT2D eigenvalue weighted by atomic mass is 9.89. The van der Waals surface area contributed by atoms with Crippen molar-refractivity contribution in [3.05, 3.63) is 167 Å². The van der Waals surface area contributed by atoms with E-state index in [1.165, 1.54) is 0 Å². The Balaban J connectivity index is 1.31. The molecule has 1 amide bonds. The highest BCUT2D eigenvalue weighted by molar-refractivity contribution is 6.30. The fourth-order valence-electron chi connectivity index (χ4n) is 4.88. The molecule has 42 heavy (non-hydrogen) atoms. The third-order valence-electron chi connectivity index (χ3n) is 6.88. The molecule has 0 aliphatic heterocycles. The number of carbonyl (C=O) groups excluding carboxylic acids is 1. The smallest absolute Gasteiger partial charge is 0.256 e. The lowest BCUT2D eigenvalue weighted by Crippen LogP contribution is -2.31. The average Bonchev–Trinajstić information content (AvgIpc) is 3.04. The summed E-state index contributed by atoms with van der Waals surface area (Å²) in [4.78, 5) is 17.1. The molecule has 5 aromatic rings. The van der Waals surface area contributed by atoms with Gasteiger partial charge in [-0.05, 0) is 54.1 Å². The number of pyridine rings is 1. The number of hydrogen-bond donors (Lipinski definition) is 2. The van der Waals surface area contributed by atoms with Gasteiger partial charge in [-0.15, -0.1) is 0 Å². The number of halogens is 1. The monoisotopic (exact) mass is 573 g/mol. The first kappa shape index (κ1) is 27.1. The molecule has 2 atom stereocenters. The Labute approximate surface area is 249 Å². The van der Waals surface area contributed by atoms with Crippen molar-refractivity contribution in [2.45, 2.75) is 18.8 Å². The zero-order chi connectivity index (χ0) is 28.7. The summed E-state index contributed by atoms with van der Waals surface area (Å²) in [6.45, 7) is 0.408. The van der Waals surface area contributed by atoms with Gasteiger partial charge in [0.15, 0.2) is 12.2 Å². The second-order valence-electron chi connectivity index (χ2n) is 9.74. The molecule has 0 saturated heterocycles. The Bertz CT molecular complexity index is 1700. The Hall–Kier alpha value is -5.07. The molecule has 1 aliphatic carbocycles. The lowest BCUT2D eigenvalue weighted by molar-refractivity contribution is 0.102. The normalized spacial score (nSPS) is 15.8. The summed E-state index contributed by atoms with van der Waals surface area (Å²) in [5.41, 5.74) is 4.02. The third kappa shape index (κ3) is 6.14. The molecule has 0 saturated carbocycles. The summed E-state index contributed by atoms with van der Waals surface area (Å²) in [5, 5.41) is 6.87. The van der Waals surface area contributed by atoms with Crippen LogP contribution in [0.4, 0.5) is 5.82 Å². The molecule has 6 nitrogen and oxygen atoms in total. The van der Waals surface area contributed by atoms with Crippen molar-refractivity contribution in [3.8, 4) is 11.5 Å². The molecule has 0 spiro atoms. The quantitative estimate of drug-likeness (QED) is 0.188. The van der Waals surface area contributed by atoms with E-state index in [4.69, 9.17) is 21.1 Å². The van der Waals surface area contributed by atoms with Crippen molar-refractivity contribution in [1.82, 2.24) is 10.3 Å². The van der Waals surface area contributed by atoms with Crippen molar-refractivity contribution >= 4 is 23.3 Å². The zero-order valence-electron chi connectivity index (χ0n) is 22.6. The molecule has 0 bridgehead atoms. The second kappa shape index (κ2) is 12.6. The SMILES string of the molecule is O=C(Nc1ccccn1)c1cccc(CNC2=C(Cl)C(Oc3ccccc3)c3ccccc3C2Oc2ccccc2)c1. The summed E-state index contributed by atoms with van der Waals surface area (Å²) in [6, 6.07) is 40.1. The van der Waals surface area contributed by atoms with Gasteiger partial charge >= 0.3 is 0 Å². The van der Waals surface area contributed by atoms with Gasteiger partial charge in [0.05, 0.1) is 10.7 Å². The molecule has 1 aromatic heterocycles. The Morgan fingerprint density at radius 2 is 1.33 bits per heavy atom. The number of carbonyl (C=O) groups is 1. The van der Waals surface area contributed by atoms with Crippen LogP contribution < -0.4 is 20.1 Å². The number of ether oxygens (including phenoxy) is 2. The maximum atomic E-state index is 12.9. The molecule has 208 valence electrons. The first-order valence-corrected chi connectivity index (χ1v) is 14.0. The van der Waals surface area contributed by atoms with Crippen LogP contribution in [0.5, 0.6) is 11.5 Å². The largest absolute Gasteiger partial charge is 0.480 e. The van der Waals surface area contributed by atoms with Crippen LogP contribution in [0.1, 0.15) is 39.3 Å². The van der Waals surface area contributed by atoms with Crippen molar-refractivity contribution < 1.29 is 14.3 Å². The molecule has 2 unspecified atom stereocenters. The van der Waals surface area contributed by atoms with E-state index in [1.54, 1.807) is 24.4 Å². The molecule has 7 heteroatoms. The number of benzene rings is 4. The molecule has 1 aliphatic rings. The van der Waals surface area contributed by atoms with Gasteiger partial charge in [-0.3, -0.25) is 4.79 Å². The number of fused-ring (bicyclic) bond motifs is 1.